The molecule has 0 spiro atoms. The number of halogens is 1. The highest BCUT2D eigenvalue weighted by Gasteiger charge is 2.39. The van der Waals surface area contributed by atoms with Gasteiger partial charge in [-0.1, -0.05) is 18.5 Å². The maximum Gasteiger partial charge on any atom is 0.313 e. The van der Waals surface area contributed by atoms with Gasteiger partial charge in [-0.2, -0.15) is 0 Å². The summed E-state index contributed by atoms with van der Waals surface area (Å²) < 4.78 is 1.50. The van der Waals surface area contributed by atoms with Crippen LogP contribution in [0, 0.1) is 6.92 Å². The van der Waals surface area contributed by atoms with Gasteiger partial charge in [-0.3, -0.25) is 14.2 Å². The van der Waals surface area contributed by atoms with Gasteiger partial charge in [0.25, 0.3) is 5.91 Å². The molecule has 1 heterocycles. The van der Waals surface area contributed by atoms with Crippen LogP contribution in [0.3, 0.4) is 0 Å². The van der Waals surface area contributed by atoms with E-state index in [1.165, 1.54) is 16.7 Å². The Bertz CT molecular complexity index is 1050. The first kappa shape index (κ1) is 19.0. The van der Waals surface area contributed by atoms with Crippen LogP contribution in [-0.4, -0.2) is 26.7 Å². The Balaban J connectivity index is 2.35. The molecular weight excluding hydrogens is 366 g/mol. The van der Waals surface area contributed by atoms with Crippen molar-refractivity contribution in [2.75, 3.05) is 0 Å². The number of hydrogen-bond donors (Lipinski definition) is 2. The molecule has 0 saturated carbocycles. The van der Waals surface area contributed by atoms with E-state index in [9.17, 15) is 19.8 Å². The standard InChI is InChI=1S/C21H20ClNO4/c1-4-21(3,20(26)27)18-12(2)23(17-10-9-15(24)11-16(17)18)19(25)13-5-7-14(22)8-6-13/h5-11,24H,4H2,1-3H3,(H,26,27)/t21-/m1/s1. The minimum Gasteiger partial charge on any atom is -0.508 e. The van der Waals surface area contributed by atoms with Crippen LogP contribution in [0.15, 0.2) is 42.5 Å². The number of benzene rings is 2. The number of fused-ring (bicyclic) bond motifs is 1. The van der Waals surface area contributed by atoms with E-state index < -0.39 is 11.4 Å². The second kappa shape index (κ2) is 6.74. The van der Waals surface area contributed by atoms with E-state index >= 15 is 0 Å². The largest absolute Gasteiger partial charge is 0.508 e. The van der Waals surface area contributed by atoms with Crippen molar-refractivity contribution in [3.63, 3.8) is 0 Å². The van der Waals surface area contributed by atoms with Crippen molar-refractivity contribution in [2.45, 2.75) is 32.6 Å². The molecule has 2 aromatic carbocycles. The molecule has 3 rings (SSSR count). The molecule has 140 valence electrons. The molecule has 1 aromatic heterocycles. The van der Waals surface area contributed by atoms with Crippen molar-refractivity contribution >= 4 is 34.4 Å². The highest BCUT2D eigenvalue weighted by Crippen LogP contribution is 2.39. The molecule has 3 aromatic rings. The third-order valence-electron chi connectivity index (χ3n) is 5.21. The lowest BCUT2D eigenvalue weighted by atomic mass is 9.78. The molecule has 5 nitrogen and oxygen atoms in total. The average molecular weight is 386 g/mol. The fourth-order valence-electron chi connectivity index (χ4n) is 3.52. The maximum atomic E-state index is 13.2. The van der Waals surface area contributed by atoms with Crippen molar-refractivity contribution in [3.8, 4) is 5.75 Å². The van der Waals surface area contributed by atoms with Crippen molar-refractivity contribution in [3.05, 3.63) is 64.3 Å². The summed E-state index contributed by atoms with van der Waals surface area (Å²) >= 11 is 5.91. The number of aromatic nitrogens is 1. The van der Waals surface area contributed by atoms with Gasteiger partial charge in [-0.05, 0) is 68.3 Å². The lowest BCUT2D eigenvalue weighted by molar-refractivity contribution is -0.143. The van der Waals surface area contributed by atoms with Crippen LogP contribution in [0.1, 0.15) is 41.9 Å². The molecule has 0 aliphatic heterocycles. The number of carbonyl (C=O) groups excluding carboxylic acids is 1. The fraction of sp³-hybridized carbons (Fsp3) is 0.238. The van der Waals surface area contributed by atoms with Crippen LogP contribution in [0.25, 0.3) is 10.9 Å². The van der Waals surface area contributed by atoms with Crippen molar-refractivity contribution in [1.82, 2.24) is 4.57 Å². The predicted molar refractivity (Wildman–Crippen MR) is 105 cm³/mol. The number of aromatic hydroxyl groups is 1. The lowest BCUT2D eigenvalue weighted by Crippen LogP contribution is -2.32. The third kappa shape index (κ3) is 2.98. The van der Waals surface area contributed by atoms with Gasteiger partial charge in [0.2, 0.25) is 0 Å². The Hall–Kier alpha value is -2.79. The number of phenolic OH excluding ortho intramolecular Hbond substituents is 1. The second-order valence-electron chi connectivity index (χ2n) is 6.80. The summed E-state index contributed by atoms with van der Waals surface area (Å²) in [6.07, 6.45) is 0.340. The Labute approximate surface area is 161 Å². The normalized spacial score (nSPS) is 13.5. The van der Waals surface area contributed by atoms with Crippen LogP contribution < -0.4 is 0 Å². The van der Waals surface area contributed by atoms with E-state index in [1.807, 2.05) is 0 Å². The molecule has 1 atom stereocenters. The van der Waals surface area contributed by atoms with Gasteiger partial charge in [-0.15, -0.1) is 0 Å². The fourth-order valence-corrected chi connectivity index (χ4v) is 3.65. The summed E-state index contributed by atoms with van der Waals surface area (Å²) in [5, 5.41) is 20.9. The Morgan fingerprint density at radius 2 is 1.78 bits per heavy atom. The van der Waals surface area contributed by atoms with Gasteiger partial charge in [0.15, 0.2) is 0 Å². The highest BCUT2D eigenvalue weighted by atomic mass is 35.5. The van der Waals surface area contributed by atoms with E-state index in [0.29, 0.717) is 39.2 Å². The number of carboxylic acids is 1. The van der Waals surface area contributed by atoms with E-state index in [2.05, 4.69) is 0 Å². The smallest absolute Gasteiger partial charge is 0.313 e. The zero-order valence-corrected chi connectivity index (χ0v) is 16.0. The average Bonchev–Trinajstić information content (AvgIpc) is 2.92. The van der Waals surface area contributed by atoms with Crippen molar-refractivity contribution < 1.29 is 19.8 Å². The molecule has 0 radical (unpaired) electrons. The first-order valence-electron chi connectivity index (χ1n) is 8.59. The van der Waals surface area contributed by atoms with E-state index in [-0.39, 0.29) is 11.7 Å². The molecule has 0 aliphatic rings. The summed E-state index contributed by atoms with van der Waals surface area (Å²) in [6, 6.07) is 11.2. The molecule has 0 fully saturated rings. The number of carboxylic acid groups (broad SMARTS) is 1. The minimum atomic E-state index is -1.19. The summed E-state index contributed by atoms with van der Waals surface area (Å²) in [5.74, 6) is -1.24. The molecule has 6 heteroatoms. The van der Waals surface area contributed by atoms with Gasteiger partial charge in [0.05, 0.1) is 10.9 Å². The predicted octanol–water partition coefficient (Wildman–Crippen LogP) is 4.75. The number of rotatable bonds is 4. The SMILES string of the molecule is CC[C@@](C)(C(=O)O)c1c(C)n(C(=O)c2ccc(Cl)cc2)c2ccc(O)cc12. The Kier molecular flexibility index (Phi) is 4.74. The molecule has 2 N–H and O–H groups in total. The number of aliphatic carboxylic acids is 1. The number of nitrogens with zero attached hydrogens (tertiary/aromatic N) is 1. The van der Waals surface area contributed by atoms with Gasteiger partial charge < -0.3 is 10.2 Å². The van der Waals surface area contributed by atoms with Crippen LogP contribution in [-0.2, 0) is 10.2 Å². The first-order chi connectivity index (χ1) is 12.7. The zero-order valence-electron chi connectivity index (χ0n) is 15.3. The molecule has 0 bridgehead atoms. The van der Waals surface area contributed by atoms with E-state index in [4.69, 9.17) is 11.6 Å². The van der Waals surface area contributed by atoms with Gasteiger partial charge in [0, 0.05) is 21.7 Å². The molecule has 0 amide bonds. The van der Waals surface area contributed by atoms with Gasteiger partial charge in [0.1, 0.15) is 5.75 Å². The van der Waals surface area contributed by atoms with E-state index in [1.54, 1.807) is 51.1 Å². The maximum absolute atomic E-state index is 13.2. The summed E-state index contributed by atoms with van der Waals surface area (Å²) in [6.45, 7) is 5.16. The molecular formula is C21H20ClNO4. The number of hydrogen-bond acceptors (Lipinski definition) is 3. The van der Waals surface area contributed by atoms with Crippen LogP contribution in [0.2, 0.25) is 5.02 Å². The van der Waals surface area contributed by atoms with Gasteiger partial charge in [-0.25, -0.2) is 0 Å². The minimum absolute atomic E-state index is 0.0173. The monoisotopic (exact) mass is 385 g/mol. The van der Waals surface area contributed by atoms with E-state index in [0.717, 1.165) is 0 Å². The topological polar surface area (TPSA) is 79.5 Å². The van der Waals surface area contributed by atoms with Crippen molar-refractivity contribution in [2.24, 2.45) is 0 Å². The molecule has 27 heavy (non-hydrogen) atoms. The number of carbonyl (C=O) groups is 2. The quantitative estimate of drug-likeness (QED) is 0.679. The zero-order chi connectivity index (χ0) is 19.9. The van der Waals surface area contributed by atoms with Crippen LogP contribution >= 0.6 is 11.6 Å². The summed E-state index contributed by atoms with van der Waals surface area (Å²) in [4.78, 5) is 25.2. The van der Waals surface area contributed by atoms with Gasteiger partial charge >= 0.3 is 5.97 Å². The third-order valence-corrected chi connectivity index (χ3v) is 5.46. The van der Waals surface area contributed by atoms with Crippen LogP contribution in [0.4, 0.5) is 0 Å². The molecule has 0 aliphatic carbocycles. The molecule has 0 unspecified atom stereocenters. The highest BCUT2D eigenvalue weighted by molar-refractivity contribution is 6.30. The Morgan fingerprint density at radius 1 is 1.15 bits per heavy atom. The lowest BCUT2D eigenvalue weighted by Gasteiger charge is -2.24. The molecule has 0 saturated heterocycles. The van der Waals surface area contributed by atoms with Crippen molar-refractivity contribution in [1.29, 1.82) is 0 Å². The number of phenols is 1. The summed E-state index contributed by atoms with van der Waals surface area (Å²) in [7, 11) is 0. The summed E-state index contributed by atoms with van der Waals surface area (Å²) in [5.41, 5.74) is 0.878. The van der Waals surface area contributed by atoms with Crippen LogP contribution in [0.5, 0.6) is 5.75 Å². The Morgan fingerprint density at radius 3 is 2.33 bits per heavy atom. The second-order valence-corrected chi connectivity index (χ2v) is 7.24. The first-order valence-corrected chi connectivity index (χ1v) is 8.96.